The molecule has 0 aliphatic rings. The quantitative estimate of drug-likeness (QED) is 0.150. The summed E-state index contributed by atoms with van der Waals surface area (Å²) in [5.41, 5.74) is 16.2. The first kappa shape index (κ1) is 35.2. The highest BCUT2D eigenvalue weighted by molar-refractivity contribution is 6.11. The van der Waals surface area contributed by atoms with Crippen LogP contribution in [0.2, 0.25) is 0 Å². The predicted molar refractivity (Wildman–Crippen MR) is 255 cm³/mol. The molecule has 1 aromatic heterocycles. The molecule has 10 aromatic carbocycles. The highest BCUT2D eigenvalue weighted by Gasteiger charge is 2.20. The van der Waals surface area contributed by atoms with Crippen LogP contribution in [0.4, 0.5) is 17.1 Å². The zero-order valence-electron chi connectivity index (χ0n) is 33.0. The normalized spacial score (nSPS) is 11.3. The molecule has 0 bridgehead atoms. The molecule has 0 radical (unpaired) electrons. The fraction of sp³-hybridized carbons (Fsp3) is 0. The van der Waals surface area contributed by atoms with Crippen LogP contribution in [-0.2, 0) is 0 Å². The van der Waals surface area contributed by atoms with Crippen molar-refractivity contribution < 1.29 is 0 Å². The van der Waals surface area contributed by atoms with E-state index in [2.05, 4.69) is 252 Å². The van der Waals surface area contributed by atoms with Crippen molar-refractivity contribution in [1.82, 2.24) is 4.57 Å². The van der Waals surface area contributed by atoms with Crippen molar-refractivity contribution >= 4 is 49.6 Å². The number of benzene rings is 10. The molecule has 0 aliphatic carbocycles. The molecule has 60 heavy (non-hydrogen) atoms. The third kappa shape index (κ3) is 6.41. The van der Waals surface area contributed by atoms with E-state index in [0.717, 1.165) is 28.3 Å². The summed E-state index contributed by atoms with van der Waals surface area (Å²) in [6.45, 7) is 0. The molecule has 11 aromatic rings. The lowest BCUT2D eigenvalue weighted by Gasteiger charge is -2.26. The maximum Gasteiger partial charge on any atom is 0.0562 e. The summed E-state index contributed by atoms with van der Waals surface area (Å²) < 4.78 is 2.49. The number of rotatable bonds is 8. The lowest BCUT2D eigenvalue weighted by molar-refractivity contribution is 1.18. The number of nitrogens with zero attached hydrogens (tertiary/aromatic N) is 2. The molecule has 1 heterocycles. The maximum absolute atomic E-state index is 2.49. The van der Waals surface area contributed by atoms with Gasteiger partial charge < -0.3 is 9.47 Å². The maximum atomic E-state index is 2.49. The van der Waals surface area contributed by atoms with Gasteiger partial charge in [0.1, 0.15) is 0 Å². The Hall–Kier alpha value is -7.94. The minimum absolute atomic E-state index is 1.08. The van der Waals surface area contributed by atoms with Gasteiger partial charge in [0, 0.05) is 33.4 Å². The average molecular weight is 765 g/mol. The minimum Gasteiger partial charge on any atom is -0.310 e. The van der Waals surface area contributed by atoms with E-state index in [9.17, 15) is 0 Å². The first-order valence-electron chi connectivity index (χ1n) is 20.6. The van der Waals surface area contributed by atoms with Crippen molar-refractivity contribution in [3.8, 4) is 50.2 Å². The van der Waals surface area contributed by atoms with E-state index in [1.165, 1.54) is 71.6 Å². The topological polar surface area (TPSA) is 8.17 Å². The Morgan fingerprint density at radius 2 is 0.733 bits per heavy atom. The van der Waals surface area contributed by atoms with E-state index in [0.29, 0.717) is 0 Å². The first-order chi connectivity index (χ1) is 29.7. The second-order valence-corrected chi connectivity index (χ2v) is 15.4. The van der Waals surface area contributed by atoms with Crippen LogP contribution in [0.3, 0.4) is 0 Å². The van der Waals surface area contributed by atoms with Crippen molar-refractivity contribution in [3.63, 3.8) is 0 Å². The van der Waals surface area contributed by atoms with Gasteiger partial charge in [0.25, 0.3) is 0 Å². The van der Waals surface area contributed by atoms with Crippen LogP contribution in [-0.4, -0.2) is 4.57 Å². The largest absolute Gasteiger partial charge is 0.310 e. The summed E-state index contributed by atoms with van der Waals surface area (Å²) in [4.78, 5) is 2.38. The lowest BCUT2D eigenvalue weighted by Crippen LogP contribution is -2.10. The van der Waals surface area contributed by atoms with Gasteiger partial charge in [-0.3, -0.25) is 0 Å². The van der Waals surface area contributed by atoms with Gasteiger partial charge in [-0.2, -0.15) is 0 Å². The Morgan fingerprint density at radius 1 is 0.267 bits per heavy atom. The summed E-state index contributed by atoms with van der Waals surface area (Å²) in [5, 5.41) is 4.89. The smallest absolute Gasteiger partial charge is 0.0562 e. The van der Waals surface area contributed by atoms with E-state index in [4.69, 9.17) is 0 Å². The second kappa shape index (κ2) is 15.1. The molecule has 0 N–H and O–H groups in total. The molecular weight excluding hydrogens is 725 g/mol. The molecule has 282 valence electrons. The van der Waals surface area contributed by atoms with Crippen LogP contribution >= 0.6 is 0 Å². The van der Waals surface area contributed by atoms with E-state index in [1.54, 1.807) is 0 Å². The van der Waals surface area contributed by atoms with Crippen molar-refractivity contribution in [1.29, 1.82) is 0 Å². The van der Waals surface area contributed by atoms with Gasteiger partial charge in [0.15, 0.2) is 0 Å². The van der Waals surface area contributed by atoms with Crippen molar-refractivity contribution in [2.24, 2.45) is 0 Å². The highest BCUT2D eigenvalue weighted by Crippen LogP contribution is 2.43. The van der Waals surface area contributed by atoms with E-state index >= 15 is 0 Å². The predicted octanol–water partition coefficient (Wildman–Crippen LogP) is 16.1. The van der Waals surface area contributed by atoms with Crippen LogP contribution < -0.4 is 4.90 Å². The molecule has 0 aliphatic heterocycles. The van der Waals surface area contributed by atoms with Crippen LogP contribution in [0.25, 0.3) is 82.8 Å². The highest BCUT2D eigenvalue weighted by atomic mass is 15.1. The van der Waals surface area contributed by atoms with Gasteiger partial charge in [0.05, 0.1) is 16.7 Å². The van der Waals surface area contributed by atoms with E-state index < -0.39 is 0 Å². The zero-order valence-corrected chi connectivity index (χ0v) is 33.0. The standard InChI is InChI=1S/C58H40N2/c1-4-14-41(15-5-1)45-26-31-50(32-27-45)59(51-33-28-46(29-34-51)42-16-6-2-7-17-42)52-35-37-55-54-22-12-13-23-56(54)60(58(55)40-52)57-39-48(43-18-8-3-9-19-43)30-36-53(57)49-25-24-44-20-10-11-21-47(44)38-49/h1-40H. The number of hydrogen-bond acceptors (Lipinski definition) is 1. The van der Waals surface area contributed by atoms with Crippen LogP contribution in [0.5, 0.6) is 0 Å². The number of para-hydroxylation sites is 1. The van der Waals surface area contributed by atoms with Gasteiger partial charge in [-0.25, -0.2) is 0 Å². The van der Waals surface area contributed by atoms with Gasteiger partial charge in [-0.05, 0) is 104 Å². The lowest BCUT2D eigenvalue weighted by atomic mass is 9.96. The second-order valence-electron chi connectivity index (χ2n) is 15.4. The van der Waals surface area contributed by atoms with Crippen molar-refractivity contribution in [3.05, 3.63) is 243 Å². The fourth-order valence-electron chi connectivity index (χ4n) is 8.80. The molecule has 0 spiro atoms. The molecule has 0 fully saturated rings. The third-order valence-corrected chi connectivity index (χ3v) is 11.8. The van der Waals surface area contributed by atoms with Crippen molar-refractivity contribution in [2.75, 3.05) is 4.90 Å². The summed E-state index contributed by atoms with van der Waals surface area (Å²) in [6, 6.07) is 88.0. The van der Waals surface area contributed by atoms with E-state index in [1.807, 2.05) is 0 Å². The number of anilines is 3. The van der Waals surface area contributed by atoms with Crippen LogP contribution in [0.1, 0.15) is 0 Å². The molecule has 2 heteroatoms. The first-order valence-corrected chi connectivity index (χ1v) is 20.6. The third-order valence-electron chi connectivity index (χ3n) is 11.8. The van der Waals surface area contributed by atoms with Gasteiger partial charge >= 0.3 is 0 Å². The SMILES string of the molecule is c1ccc(-c2ccc(N(c3ccc(-c4ccccc4)cc3)c3ccc4c5ccccc5n(-c5cc(-c6ccccc6)ccc5-c5ccc6ccccc6c5)c4c3)cc2)cc1. The Kier molecular flexibility index (Phi) is 8.87. The summed E-state index contributed by atoms with van der Waals surface area (Å²) >= 11 is 0. The van der Waals surface area contributed by atoms with E-state index in [-0.39, 0.29) is 0 Å². The molecule has 0 saturated heterocycles. The monoisotopic (exact) mass is 764 g/mol. The van der Waals surface area contributed by atoms with Gasteiger partial charge in [-0.1, -0.05) is 188 Å². The number of hydrogen-bond donors (Lipinski definition) is 0. The molecule has 0 saturated carbocycles. The molecular formula is C58H40N2. The summed E-state index contributed by atoms with van der Waals surface area (Å²) in [6.07, 6.45) is 0. The number of aromatic nitrogens is 1. The van der Waals surface area contributed by atoms with Gasteiger partial charge in [0.2, 0.25) is 0 Å². The fourth-order valence-corrected chi connectivity index (χ4v) is 8.80. The Bertz CT molecular complexity index is 3190. The Morgan fingerprint density at radius 3 is 1.37 bits per heavy atom. The summed E-state index contributed by atoms with van der Waals surface area (Å²) in [7, 11) is 0. The zero-order chi connectivity index (χ0) is 39.8. The molecule has 11 rings (SSSR count). The molecule has 0 amide bonds. The Balaban J connectivity index is 1.13. The number of fused-ring (bicyclic) bond motifs is 4. The molecule has 0 unspecified atom stereocenters. The van der Waals surface area contributed by atoms with Crippen molar-refractivity contribution in [2.45, 2.75) is 0 Å². The van der Waals surface area contributed by atoms with Gasteiger partial charge in [-0.15, -0.1) is 0 Å². The van der Waals surface area contributed by atoms with Crippen LogP contribution in [0.15, 0.2) is 243 Å². The van der Waals surface area contributed by atoms with Crippen LogP contribution in [0, 0.1) is 0 Å². The molecule has 2 nitrogen and oxygen atoms in total. The molecule has 0 atom stereocenters. The average Bonchev–Trinajstić information content (AvgIpc) is 3.66. The summed E-state index contributed by atoms with van der Waals surface area (Å²) in [5.74, 6) is 0. The Labute approximate surface area is 350 Å². The minimum atomic E-state index is 1.08.